The van der Waals surface area contributed by atoms with E-state index in [1.54, 1.807) is 23.1 Å². The number of nitrogens with zero attached hydrogens (tertiary/aromatic N) is 1. The molecule has 2 unspecified atom stereocenters. The van der Waals surface area contributed by atoms with Gasteiger partial charge in [0.1, 0.15) is 0 Å². The lowest BCUT2D eigenvalue weighted by molar-refractivity contribution is -0.138. The van der Waals surface area contributed by atoms with E-state index in [0.29, 0.717) is 28.7 Å². The van der Waals surface area contributed by atoms with Crippen LogP contribution in [-0.4, -0.2) is 35.8 Å². The molecular formula is C17H23Cl2N3O2. The molecule has 7 heteroatoms. The van der Waals surface area contributed by atoms with Gasteiger partial charge in [0.25, 0.3) is 0 Å². The van der Waals surface area contributed by atoms with E-state index in [0.717, 1.165) is 19.3 Å². The SMILES string of the molecule is CCCN(CC(=O)Nc1ccc(Cl)cc1Cl)C(=O)C1CCC(N)C1. The highest BCUT2D eigenvalue weighted by Gasteiger charge is 2.31. The summed E-state index contributed by atoms with van der Waals surface area (Å²) in [6, 6.07) is 4.94. The fourth-order valence-electron chi connectivity index (χ4n) is 2.99. The minimum absolute atomic E-state index is 0.0113. The lowest BCUT2D eigenvalue weighted by atomic mass is 10.1. The molecule has 1 aliphatic rings. The van der Waals surface area contributed by atoms with Gasteiger partial charge >= 0.3 is 0 Å². The molecule has 0 heterocycles. The van der Waals surface area contributed by atoms with E-state index in [-0.39, 0.29) is 30.3 Å². The molecule has 0 aromatic heterocycles. The molecule has 2 amide bonds. The number of anilines is 1. The minimum Gasteiger partial charge on any atom is -0.333 e. The third-order valence-electron chi connectivity index (χ3n) is 4.17. The van der Waals surface area contributed by atoms with E-state index < -0.39 is 0 Å². The number of rotatable bonds is 6. The van der Waals surface area contributed by atoms with Gasteiger partial charge in [0.05, 0.1) is 17.3 Å². The maximum absolute atomic E-state index is 12.6. The maximum atomic E-state index is 12.6. The van der Waals surface area contributed by atoms with Gasteiger partial charge in [0, 0.05) is 23.5 Å². The molecule has 0 radical (unpaired) electrons. The van der Waals surface area contributed by atoms with Crippen molar-refractivity contribution in [1.82, 2.24) is 4.90 Å². The predicted molar refractivity (Wildman–Crippen MR) is 97.3 cm³/mol. The van der Waals surface area contributed by atoms with Crippen LogP contribution in [0.15, 0.2) is 18.2 Å². The second kappa shape index (κ2) is 8.70. The number of hydrogen-bond donors (Lipinski definition) is 2. The van der Waals surface area contributed by atoms with E-state index in [4.69, 9.17) is 28.9 Å². The third kappa shape index (κ3) is 5.10. The molecule has 132 valence electrons. The zero-order valence-corrected chi connectivity index (χ0v) is 15.2. The van der Waals surface area contributed by atoms with Crippen LogP contribution in [-0.2, 0) is 9.59 Å². The normalized spacial score (nSPS) is 20.0. The average Bonchev–Trinajstić information content (AvgIpc) is 2.95. The van der Waals surface area contributed by atoms with Crippen molar-refractivity contribution in [2.45, 2.75) is 38.6 Å². The van der Waals surface area contributed by atoms with Crippen molar-refractivity contribution in [3.63, 3.8) is 0 Å². The summed E-state index contributed by atoms with van der Waals surface area (Å²) in [4.78, 5) is 26.5. The first-order chi connectivity index (χ1) is 11.4. The monoisotopic (exact) mass is 371 g/mol. The van der Waals surface area contributed by atoms with Crippen LogP contribution >= 0.6 is 23.2 Å². The van der Waals surface area contributed by atoms with Crippen LogP contribution in [0.5, 0.6) is 0 Å². The van der Waals surface area contributed by atoms with Gasteiger partial charge in [0.2, 0.25) is 11.8 Å². The largest absolute Gasteiger partial charge is 0.333 e. The van der Waals surface area contributed by atoms with Gasteiger partial charge < -0.3 is 16.0 Å². The van der Waals surface area contributed by atoms with Gasteiger partial charge in [-0.15, -0.1) is 0 Å². The minimum atomic E-state index is -0.275. The van der Waals surface area contributed by atoms with Crippen molar-refractivity contribution in [2.24, 2.45) is 11.7 Å². The number of carbonyl (C=O) groups excluding carboxylic acids is 2. The first-order valence-corrected chi connectivity index (χ1v) is 8.95. The van der Waals surface area contributed by atoms with E-state index in [2.05, 4.69) is 5.32 Å². The van der Waals surface area contributed by atoms with Crippen molar-refractivity contribution in [2.75, 3.05) is 18.4 Å². The van der Waals surface area contributed by atoms with Crippen molar-refractivity contribution in [1.29, 1.82) is 0 Å². The average molecular weight is 372 g/mol. The van der Waals surface area contributed by atoms with E-state index in [1.807, 2.05) is 6.92 Å². The summed E-state index contributed by atoms with van der Waals surface area (Å²) in [5.74, 6) is -0.330. The molecule has 2 atom stereocenters. The number of carbonyl (C=O) groups is 2. The summed E-state index contributed by atoms with van der Waals surface area (Å²) in [5.41, 5.74) is 6.38. The van der Waals surface area contributed by atoms with Gasteiger partial charge in [-0.2, -0.15) is 0 Å². The van der Waals surface area contributed by atoms with Crippen molar-refractivity contribution in [3.8, 4) is 0 Å². The molecule has 5 nitrogen and oxygen atoms in total. The number of benzene rings is 1. The van der Waals surface area contributed by atoms with Crippen LogP contribution in [0, 0.1) is 5.92 Å². The molecule has 1 aliphatic carbocycles. The predicted octanol–water partition coefficient (Wildman–Crippen LogP) is 3.30. The lowest BCUT2D eigenvalue weighted by Gasteiger charge is -2.25. The highest BCUT2D eigenvalue weighted by atomic mass is 35.5. The van der Waals surface area contributed by atoms with E-state index in [1.165, 1.54) is 0 Å². The molecule has 0 saturated heterocycles. The molecule has 2 rings (SSSR count). The Morgan fingerprint density at radius 3 is 2.67 bits per heavy atom. The number of hydrogen-bond acceptors (Lipinski definition) is 3. The maximum Gasteiger partial charge on any atom is 0.244 e. The fourth-order valence-corrected chi connectivity index (χ4v) is 3.45. The first kappa shape index (κ1) is 19.0. The Bertz CT molecular complexity index is 609. The van der Waals surface area contributed by atoms with Gasteiger partial charge in [-0.3, -0.25) is 9.59 Å². The first-order valence-electron chi connectivity index (χ1n) is 8.20. The number of halogens is 2. The standard InChI is InChI=1S/C17H23Cl2N3O2/c1-2-7-22(17(24)11-3-5-13(20)8-11)10-16(23)21-15-6-4-12(18)9-14(15)19/h4,6,9,11,13H,2-3,5,7-8,10,20H2,1H3,(H,21,23). The van der Waals surface area contributed by atoms with Gasteiger partial charge in [-0.05, 0) is 43.9 Å². The van der Waals surface area contributed by atoms with Crippen LogP contribution in [0.4, 0.5) is 5.69 Å². The second-order valence-electron chi connectivity index (χ2n) is 6.20. The van der Waals surface area contributed by atoms with Crippen molar-refractivity contribution in [3.05, 3.63) is 28.2 Å². The fraction of sp³-hybridized carbons (Fsp3) is 0.529. The highest BCUT2D eigenvalue weighted by Crippen LogP contribution is 2.27. The van der Waals surface area contributed by atoms with Gasteiger partial charge in [0.15, 0.2) is 0 Å². The molecular weight excluding hydrogens is 349 g/mol. The molecule has 1 aromatic carbocycles. The zero-order valence-electron chi connectivity index (χ0n) is 13.7. The zero-order chi connectivity index (χ0) is 17.7. The highest BCUT2D eigenvalue weighted by molar-refractivity contribution is 6.36. The topological polar surface area (TPSA) is 75.4 Å². The van der Waals surface area contributed by atoms with Crippen LogP contribution in [0.25, 0.3) is 0 Å². The lowest BCUT2D eigenvalue weighted by Crippen LogP contribution is -2.41. The molecule has 1 saturated carbocycles. The van der Waals surface area contributed by atoms with Crippen molar-refractivity contribution < 1.29 is 9.59 Å². The van der Waals surface area contributed by atoms with Gasteiger partial charge in [-0.1, -0.05) is 30.1 Å². The second-order valence-corrected chi connectivity index (χ2v) is 7.05. The smallest absolute Gasteiger partial charge is 0.244 e. The van der Waals surface area contributed by atoms with E-state index in [9.17, 15) is 9.59 Å². The molecule has 24 heavy (non-hydrogen) atoms. The molecule has 1 aromatic rings. The Morgan fingerprint density at radius 1 is 1.33 bits per heavy atom. The molecule has 0 spiro atoms. The Labute approximate surface area is 152 Å². The molecule has 0 bridgehead atoms. The number of nitrogens with two attached hydrogens (primary N) is 1. The summed E-state index contributed by atoms with van der Waals surface area (Å²) < 4.78 is 0. The third-order valence-corrected chi connectivity index (χ3v) is 4.72. The molecule has 1 fully saturated rings. The number of amides is 2. The summed E-state index contributed by atoms with van der Waals surface area (Å²) >= 11 is 11.9. The summed E-state index contributed by atoms with van der Waals surface area (Å²) in [6.45, 7) is 2.54. The Hall–Kier alpha value is -1.30. The van der Waals surface area contributed by atoms with E-state index >= 15 is 0 Å². The Kier molecular flexibility index (Phi) is 6.90. The summed E-state index contributed by atoms with van der Waals surface area (Å²) in [7, 11) is 0. The van der Waals surface area contributed by atoms with Crippen LogP contribution < -0.4 is 11.1 Å². The summed E-state index contributed by atoms with van der Waals surface area (Å²) in [6.07, 6.45) is 3.15. The van der Waals surface area contributed by atoms with Crippen LogP contribution in [0.2, 0.25) is 10.0 Å². The van der Waals surface area contributed by atoms with Crippen molar-refractivity contribution >= 4 is 40.7 Å². The van der Waals surface area contributed by atoms with Gasteiger partial charge in [-0.25, -0.2) is 0 Å². The molecule has 3 N–H and O–H groups in total. The number of nitrogens with one attached hydrogen (secondary N) is 1. The van der Waals surface area contributed by atoms with Crippen LogP contribution in [0.1, 0.15) is 32.6 Å². The Balaban J connectivity index is 1.98. The van der Waals surface area contributed by atoms with Crippen LogP contribution in [0.3, 0.4) is 0 Å². The Morgan fingerprint density at radius 2 is 2.08 bits per heavy atom. The molecule has 0 aliphatic heterocycles. The quantitative estimate of drug-likeness (QED) is 0.805. The summed E-state index contributed by atoms with van der Waals surface area (Å²) in [5, 5.41) is 3.60.